The summed E-state index contributed by atoms with van der Waals surface area (Å²) in [7, 11) is 0. The van der Waals surface area contributed by atoms with Crippen molar-refractivity contribution in [1.82, 2.24) is 0 Å². The van der Waals surface area contributed by atoms with Crippen molar-refractivity contribution < 1.29 is 9.53 Å². The summed E-state index contributed by atoms with van der Waals surface area (Å²) in [6.07, 6.45) is 0.508. The lowest BCUT2D eigenvalue weighted by molar-refractivity contribution is 0.0984. The third-order valence-electron chi connectivity index (χ3n) is 2.77. The Hall–Kier alpha value is -1.31. The predicted molar refractivity (Wildman–Crippen MR) is 70.9 cm³/mol. The molecule has 0 aliphatic heterocycles. The van der Waals surface area contributed by atoms with Crippen molar-refractivity contribution in [1.29, 1.82) is 0 Å². The largest absolute Gasteiger partial charge is 0.493 e. The molecule has 1 aromatic carbocycles. The fourth-order valence-corrected chi connectivity index (χ4v) is 1.69. The number of Topliss-reactive ketones (excluding diaryl/α,β-unsaturated/α-hetero) is 1. The molecule has 0 aromatic heterocycles. The summed E-state index contributed by atoms with van der Waals surface area (Å²) < 4.78 is 5.51. The Morgan fingerprint density at radius 3 is 2.35 bits per heavy atom. The minimum absolute atomic E-state index is 0.0491. The first kappa shape index (κ1) is 13.8. The highest BCUT2D eigenvalue weighted by molar-refractivity contribution is 5.98. The molecular weight excluding hydrogens is 212 g/mol. The minimum Gasteiger partial charge on any atom is -0.493 e. The topological polar surface area (TPSA) is 26.3 Å². The van der Waals surface area contributed by atoms with Crippen LogP contribution in [0.2, 0.25) is 0 Å². The third kappa shape index (κ3) is 3.32. The van der Waals surface area contributed by atoms with Crippen molar-refractivity contribution in [3.63, 3.8) is 0 Å². The van der Waals surface area contributed by atoms with Crippen molar-refractivity contribution >= 4 is 5.78 Å². The van der Waals surface area contributed by atoms with Crippen molar-refractivity contribution in [2.45, 2.75) is 46.5 Å². The van der Waals surface area contributed by atoms with Gasteiger partial charge in [-0.1, -0.05) is 33.8 Å². The van der Waals surface area contributed by atoms with Crippen LogP contribution in [-0.4, -0.2) is 12.4 Å². The molecule has 0 radical (unpaired) electrons. The first-order valence-electron chi connectivity index (χ1n) is 6.20. The molecule has 17 heavy (non-hydrogen) atoms. The SMILES string of the molecule is CCOc1ccc(C(C)(C)C)cc1C(=O)CC. The van der Waals surface area contributed by atoms with Crippen LogP contribution < -0.4 is 4.74 Å². The van der Waals surface area contributed by atoms with E-state index in [1.54, 1.807) is 0 Å². The van der Waals surface area contributed by atoms with Gasteiger partial charge >= 0.3 is 0 Å². The maximum absolute atomic E-state index is 11.9. The van der Waals surface area contributed by atoms with Crippen molar-refractivity contribution in [3.8, 4) is 5.75 Å². The van der Waals surface area contributed by atoms with E-state index in [4.69, 9.17) is 4.74 Å². The van der Waals surface area contributed by atoms with Gasteiger partial charge in [-0.3, -0.25) is 4.79 Å². The summed E-state index contributed by atoms with van der Waals surface area (Å²) in [5.41, 5.74) is 1.92. The molecule has 2 heteroatoms. The summed E-state index contributed by atoms with van der Waals surface area (Å²) in [4.78, 5) is 11.9. The third-order valence-corrected chi connectivity index (χ3v) is 2.77. The second-order valence-corrected chi connectivity index (χ2v) is 5.17. The number of hydrogen-bond acceptors (Lipinski definition) is 2. The molecule has 0 amide bonds. The molecule has 0 saturated carbocycles. The van der Waals surface area contributed by atoms with Gasteiger partial charge in [-0.25, -0.2) is 0 Å². The zero-order valence-electron chi connectivity index (χ0n) is 11.5. The molecule has 0 fully saturated rings. The lowest BCUT2D eigenvalue weighted by Gasteiger charge is -2.21. The monoisotopic (exact) mass is 234 g/mol. The molecule has 0 saturated heterocycles. The van der Waals surface area contributed by atoms with E-state index in [9.17, 15) is 4.79 Å². The van der Waals surface area contributed by atoms with Crippen LogP contribution in [0.25, 0.3) is 0 Å². The molecule has 0 spiro atoms. The van der Waals surface area contributed by atoms with Gasteiger partial charge in [-0.2, -0.15) is 0 Å². The van der Waals surface area contributed by atoms with Crippen LogP contribution >= 0.6 is 0 Å². The second kappa shape index (κ2) is 5.35. The summed E-state index contributed by atoms with van der Waals surface area (Å²) in [6, 6.07) is 5.92. The molecule has 0 N–H and O–H groups in total. The van der Waals surface area contributed by atoms with Crippen LogP contribution in [-0.2, 0) is 5.41 Å². The highest BCUT2D eigenvalue weighted by atomic mass is 16.5. The number of ether oxygens (including phenoxy) is 1. The van der Waals surface area contributed by atoms with Crippen LogP contribution in [0.3, 0.4) is 0 Å². The maximum atomic E-state index is 11.9. The average molecular weight is 234 g/mol. The maximum Gasteiger partial charge on any atom is 0.166 e. The summed E-state index contributed by atoms with van der Waals surface area (Å²) >= 11 is 0. The molecule has 0 atom stereocenters. The Bertz CT molecular complexity index is 400. The zero-order valence-corrected chi connectivity index (χ0v) is 11.5. The van der Waals surface area contributed by atoms with Gasteiger partial charge < -0.3 is 4.74 Å². The Labute approximate surface area is 104 Å². The number of hydrogen-bond donors (Lipinski definition) is 0. The van der Waals surface area contributed by atoms with Gasteiger partial charge in [-0.15, -0.1) is 0 Å². The number of ketones is 1. The first-order valence-corrected chi connectivity index (χ1v) is 6.20. The molecule has 0 aliphatic rings. The lowest BCUT2D eigenvalue weighted by atomic mass is 9.85. The van der Waals surface area contributed by atoms with E-state index in [2.05, 4.69) is 20.8 Å². The Balaban J connectivity index is 3.24. The standard InChI is InChI=1S/C15H22O2/c1-6-13(16)12-10-11(15(3,4)5)8-9-14(12)17-7-2/h8-10H,6-7H2,1-5H3. The van der Waals surface area contributed by atoms with Gasteiger partial charge in [0.2, 0.25) is 0 Å². The van der Waals surface area contributed by atoms with E-state index >= 15 is 0 Å². The van der Waals surface area contributed by atoms with Crippen LogP contribution in [0.15, 0.2) is 18.2 Å². The van der Waals surface area contributed by atoms with Crippen LogP contribution in [0.5, 0.6) is 5.75 Å². The van der Waals surface area contributed by atoms with Crippen LogP contribution in [0.1, 0.15) is 57.0 Å². The zero-order chi connectivity index (χ0) is 13.1. The Kier molecular flexibility index (Phi) is 4.33. The predicted octanol–water partition coefficient (Wildman–Crippen LogP) is 3.98. The molecule has 94 valence electrons. The van der Waals surface area contributed by atoms with Gasteiger partial charge in [0.15, 0.2) is 5.78 Å². The molecule has 0 unspecified atom stereocenters. The molecule has 2 nitrogen and oxygen atoms in total. The number of carbonyl (C=O) groups is 1. The summed E-state index contributed by atoms with van der Waals surface area (Å²) in [5.74, 6) is 0.840. The van der Waals surface area contributed by atoms with E-state index in [0.29, 0.717) is 24.3 Å². The number of benzene rings is 1. The van der Waals surface area contributed by atoms with E-state index in [-0.39, 0.29) is 11.2 Å². The summed E-state index contributed by atoms with van der Waals surface area (Å²) in [6.45, 7) is 10.8. The van der Waals surface area contributed by atoms with E-state index in [0.717, 1.165) is 5.56 Å². The average Bonchev–Trinajstić information content (AvgIpc) is 2.27. The molecule has 0 bridgehead atoms. The number of carbonyl (C=O) groups excluding carboxylic acids is 1. The Morgan fingerprint density at radius 2 is 1.88 bits per heavy atom. The van der Waals surface area contributed by atoms with Gasteiger partial charge in [0.25, 0.3) is 0 Å². The summed E-state index contributed by atoms with van der Waals surface area (Å²) in [5, 5.41) is 0. The van der Waals surface area contributed by atoms with Crippen LogP contribution in [0, 0.1) is 0 Å². The quantitative estimate of drug-likeness (QED) is 0.737. The first-order chi connectivity index (χ1) is 7.90. The molecule has 0 aliphatic carbocycles. The number of rotatable bonds is 4. The van der Waals surface area contributed by atoms with Crippen LogP contribution in [0.4, 0.5) is 0 Å². The van der Waals surface area contributed by atoms with E-state index < -0.39 is 0 Å². The molecule has 0 heterocycles. The fraction of sp³-hybridized carbons (Fsp3) is 0.533. The lowest BCUT2D eigenvalue weighted by Crippen LogP contribution is -2.13. The highest BCUT2D eigenvalue weighted by Gasteiger charge is 2.18. The van der Waals surface area contributed by atoms with Gasteiger partial charge in [0.1, 0.15) is 5.75 Å². The fourth-order valence-electron chi connectivity index (χ4n) is 1.69. The minimum atomic E-state index is 0.0491. The van der Waals surface area contributed by atoms with Gasteiger partial charge in [0, 0.05) is 6.42 Å². The normalized spacial score (nSPS) is 11.4. The van der Waals surface area contributed by atoms with Gasteiger partial charge in [0.05, 0.1) is 12.2 Å². The van der Waals surface area contributed by atoms with Crippen molar-refractivity contribution in [3.05, 3.63) is 29.3 Å². The van der Waals surface area contributed by atoms with Gasteiger partial charge in [-0.05, 0) is 30.0 Å². The molecule has 1 aromatic rings. The smallest absolute Gasteiger partial charge is 0.166 e. The second-order valence-electron chi connectivity index (χ2n) is 5.17. The Morgan fingerprint density at radius 1 is 1.24 bits per heavy atom. The van der Waals surface area contributed by atoms with Crippen molar-refractivity contribution in [2.75, 3.05) is 6.61 Å². The van der Waals surface area contributed by atoms with E-state index in [1.807, 2.05) is 32.0 Å². The molecular formula is C15H22O2. The van der Waals surface area contributed by atoms with Crippen molar-refractivity contribution in [2.24, 2.45) is 0 Å². The van der Waals surface area contributed by atoms with E-state index in [1.165, 1.54) is 0 Å². The highest BCUT2D eigenvalue weighted by Crippen LogP contribution is 2.28. The molecule has 1 rings (SSSR count).